The number of halogens is 2. The minimum atomic E-state index is -0.424. The van der Waals surface area contributed by atoms with Gasteiger partial charge in [-0.1, -0.05) is 6.92 Å². The molecule has 0 amide bonds. The molecule has 19 heavy (non-hydrogen) atoms. The van der Waals surface area contributed by atoms with Crippen LogP contribution in [0.1, 0.15) is 30.5 Å². The number of nitrogens with one attached hydrogen (secondary N) is 1. The maximum Gasteiger partial charge on any atom is 0.290 e. The van der Waals surface area contributed by atoms with Crippen molar-refractivity contribution in [3.8, 4) is 5.75 Å². The summed E-state index contributed by atoms with van der Waals surface area (Å²) in [7, 11) is 1.36. The van der Waals surface area contributed by atoms with E-state index in [0.29, 0.717) is 24.1 Å². The third-order valence-electron chi connectivity index (χ3n) is 3.50. The van der Waals surface area contributed by atoms with E-state index in [-0.39, 0.29) is 27.9 Å². The Bertz CT molecular complexity index is 599. The maximum absolute atomic E-state index is 12.3. The summed E-state index contributed by atoms with van der Waals surface area (Å²) in [6.45, 7) is 1.94. The van der Waals surface area contributed by atoms with E-state index in [1.807, 2.05) is 6.92 Å². The Hall–Kier alpha value is -1.000. The van der Waals surface area contributed by atoms with Gasteiger partial charge in [0, 0.05) is 29.7 Å². The summed E-state index contributed by atoms with van der Waals surface area (Å²) in [6, 6.07) is 1.22. The smallest absolute Gasteiger partial charge is 0.290 e. The van der Waals surface area contributed by atoms with E-state index in [9.17, 15) is 9.59 Å². The third kappa shape index (κ3) is 2.51. The second-order valence-electron chi connectivity index (χ2n) is 4.60. The number of methoxy groups -OCH3 is 1. The highest BCUT2D eigenvalue weighted by molar-refractivity contribution is 6.30. The number of alkyl halides is 2. The predicted molar refractivity (Wildman–Crippen MR) is 75.9 cm³/mol. The van der Waals surface area contributed by atoms with Gasteiger partial charge in [0.1, 0.15) is 0 Å². The van der Waals surface area contributed by atoms with Gasteiger partial charge in [-0.25, -0.2) is 0 Å². The van der Waals surface area contributed by atoms with E-state index in [2.05, 4.69) is 4.98 Å². The van der Waals surface area contributed by atoms with Gasteiger partial charge in [0.05, 0.1) is 17.9 Å². The summed E-state index contributed by atoms with van der Waals surface area (Å²) in [4.78, 5) is 26.8. The molecule has 0 aliphatic heterocycles. The van der Waals surface area contributed by atoms with Crippen LogP contribution in [0.15, 0.2) is 15.7 Å². The van der Waals surface area contributed by atoms with Crippen LogP contribution in [0, 0.1) is 0 Å². The molecule has 0 spiro atoms. The quantitative estimate of drug-likeness (QED) is 0.850. The van der Waals surface area contributed by atoms with Gasteiger partial charge < -0.3 is 9.72 Å². The highest BCUT2D eigenvalue weighted by Crippen LogP contribution is 2.36. The third-order valence-corrected chi connectivity index (χ3v) is 4.66. The Balaban J connectivity index is 2.76. The van der Waals surface area contributed by atoms with Crippen LogP contribution in [-0.2, 0) is 6.42 Å². The maximum atomic E-state index is 12.3. The highest BCUT2D eigenvalue weighted by Gasteiger charge is 2.35. The molecule has 1 aliphatic rings. The van der Waals surface area contributed by atoms with Gasteiger partial charge >= 0.3 is 0 Å². The molecule has 6 heteroatoms. The zero-order valence-corrected chi connectivity index (χ0v) is 12.2. The zero-order chi connectivity index (χ0) is 14.2. The molecule has 2 rings (SSSR count). The summed E-state index contributed by atoms with van der Waals surface area (Å²) >= 11 is 12.5. The number of ether oxygens (including phenoxy) is 1. The first-order chi connectivity index (χ1) is 8.99. The molecule has 4 nitrogen and oxygen atoms in total. The van der Waals surface area contributed by atoms with E-state index in [4.69, 9.17) is 27.9 Å². The van der Waals surface area contributed by atoms with Gasteiger partial charge in [-0.15, -0.1) is 23.2 Å². The van der Waals surface area contributed by atoms with E-state index < -0.39 is 5.56 Å². The van der Waals surface area contributed by atoms with E-state index in [1.54, 1.807) is 0 Å². The standard InChI is InChI=1S/C13H15Cl2NO3/c1-3-6-11-8(4-7(14)12(6)15)16-13(18)10(19-2)5-9(11)17/h5-7,12H,3-4H2,1-2H3,(H,16,18)/t6?,7-,12-/m0/s1. The van der Waals surface area contributed by atoms with Crippen molar-refractivity contribution in [2.75, 3.05) is 7.11 Å². The lowest BCUT2D eigenvalue weighted by Gasteiger charge is -2.30. The van der Waals surface area contributed by atoms with Crippen LogP contribution in [-0.4, -0.2) is 22.8 Å². The fraction of sp³-hybridized carbons (Fsp3) is 0.538. The van der Waals surface area contributed by atoms with E-state index in [1.165, 1.54) is 13.2 Å². The molecule has 1 aromatic rings. The van der Waals surface area contributed by atoms with Gasteiger partial charge in [0.25, 0.3) is 5.56 Å². The molecule has 0 radical (unpaired) electrons. The average Bonchev–Trinajstić information content (AvgIpc) is 2.49. The average molecular weight is 304 g/mol. The first kappa shape index (κ1) is 14.4. The monoisotopic (exact) mass is 303 g/mol. The van der Waals surface area contributed by atoms with E-state index >= 15 is 0 Å². The normalized spacial score (nSPS) is 25.8. The van der Waals surface area contributed by atoms with Crippen LogP contribution < -0.4 is 15.7 Å². The molecule has 1 N–H and O–H groups in total. The van der Waals surface area contributed by atoms with Crippen molar-refractivity contribution in [3.05, 3.63) is 37.9 Å². The first-order valence-corrected chi connectivity index (χ1v) is 6.99. The van der Waals surface area contributed by atoms with Crippen molar-refractivity contribution in [1.82, 2.24) is 4.98 Å². The van der Waals surface area contributed by atoms with Gasteiger partial charge in [-0.05, 0) is 6.42 Å². The minimum Gasteiger partial charge on any atom is -0.491 e. The van der Waals surface area contributed by atoms with Crippen LogP contribution in [0.4, 0.5) is 0 Å². The molecule has 1 heterocycles. The minimum absolute atomic E-state index is 0.00602. The summed E-state index contributed by atoms with van der Waals surface area (Å²) in [5, 5.41) is -0.619. The molecule has 104 valence electrons. The van der Waals surface area contributed by atoms with Crippen LogP contribution >= 0.6 is 23.2 Å². The van der Waals surface area contributed by atoms with Crippen molar-refractivity contribution in [2.45, 2.75) is 36.4 Å². The Morgan fingerprint density at radius 1 is 1.42 bits per heavy atom. The van der Waals surface area contributed by atoms with Crippen LogP contribution in [0.2, 0.25) is 0 Å². The van der Waals surface area contributed by atoms with Gasteiger partial charge in [-0.2, -0.15) is 0 Å². The number of aromatic amines is 1. The lowest BCUT2D eigenvalue weighted by atomic mass is 9.83. The number of rotatable bonds is 2. The zero-order valence-electron chi connectivity index (χ0n) is 10.7. The first-order valence-electron chi connectivity index (χ1n) is 6.12. The Morgan fingerprint density at radius 2 is 2.11 bits per heavy atom. The Morgan fingerprint density at radius 3 is 2.68 bits per heavy atom. The molecule has 1 aromatic heterocycles. The van der Waals surface area contributed by atoms with Crippen molar-refractivity contribution in [3.63, 3.8) is 0 Å². The molecule has 0 bridgehead atoms. The predicted octanol–water partition coefficient (Wildman–Crippen LogP) is 2.01. The van der Waals surface area contributed by atoms with E-state index in [0.717, 1.165) is 0 Å². The Kier molecular flexibility index (Phi) is 4.21. The Labute approximate surface area is 120 Å². The number of aromatic nitrogens is 1. The van der Waals surface area contributed by atoms with Crippen LogP contribution in [0.3, 0.4) is 0 Å². The van der Waals surface area contributed by atoms with Gasteiger partial charge in [-0.3, -0.25) is 9.59 Å². The molecule has 0 saturated carbocycles. The summed E-state index contributed by atoms with van der Waals surface area (Å²) < 4.78 is 4.92. The van der Waals surface area contributed by atoms with Crippen LogP contribution in [0.25, 0.3) is 0 Å². The summed E-state index contributed by atoms with van der Waals surface area (Å²) in [5.74, 6) is -0.153. The lowest BCUT2D eigenvalue weighted by Crippen LogP contribution is -2.34. The summed E-state index contributed by atoms with van der Waals surface area (Å²) in [5.41, 5.74) is 0.473. The summed E-state index contributed by atoms with van der Waals surface area (Å²) in [6.07, 6.45) is 1.07. The van der Waals surface area contributed by atoms with Crippen molar-refractivity contribution in [1.29, 1.82) is 0 Å². The van der Waals surface area contributed by atoms with Crippen molar-refractivity contribution >= 4 is 23.2 Å². The molecular formula is C13H15Cl2NO3. The molecule has 1 aliphatic carbocycles. The fourth-order valence-electron chi connectivity index (χ4n) is 2.54. The van der Waals surface area contributed by atoms with Gasteiger partial charge in [0.15, 0.2) is 11.2 Å². The topological polar surface area (TPSA) is 59.2 Å². The van der Waals surface area contributed by atoms with Crippen LogP contribution in [0.5, 0.6) is 5.75 Å². The number of hydrogen-bond acceptors (Lipinski definition) is 3. The number of fused-ring (bicyclic) bond motifs is 1. The molecule has 1 unspecified atom stereocenters. The second kappa shape index (κ2) is 5.55. The lowest BCUT2D eigenvalue weighted by molar-refractivity contribution is 0.409. The fourth-order valence-corrected chi connectivity index (χ4v) is 3.27. The van der Waals surface area contributed by atoms with Crippen molar-refractivity contribution in [2.24, 2.45) is 0 Å². The molecule has 0 aromatic carbocycles. The highest BCUT2D eigenvalue weighted by atomic mass is 35.5. The SMILES string of the molecule is CCC1c2c([nH]c(=O)c(OC)cc2=O)C[C@H](Cl)[C@H]1Cl. The molecule has 3 atom stereocenters. The van der Waals surface area contributed by atoms with Crippen molar-refractivity contribution < 1.29 is 4.74 Å². The molecule has 0 saturated heterocycles. The molecular weight excluding hydrogens is 289 g/mol. The molecule has 0 fully saturated rings. The second-order valence-corrected chi connectivity index (χ2v) is 5.67. The largest absolute Gasteiger partial charge is 0.491 e. The van der Waals surface area contributed by atoms with Gasteiger partial charge in [0.2, 0.25) is 0 Å². The number of H-pyrrole nitrogens is 1. The number of hydrogen-bond donors (Lipinski definition) is 1.